The van der Waals surface area contributed by atoms with Gasteiger partial charge in [-0.1, -0.05) is 12.1 Å². The number of hydrogen-bond acceptors (Lipinski definition) is 6. The highest BCUT2D eigenvalue weighted by Crippen LogP contribution is 2.22. The number of aromatic nitrogens is 5. The largest absolute Gasteiger partial charge is 0.361 e. The summed E-state index contributed by atoms with van der Waals surface area (Å²) in [5, 5.41) is 11.3. The van der Waals surface area contributed by atoms with Crippen LogP contribution in [0.4, 0.5) is 17.6 Å². The second-order valence-corrected chi connectivity index (χ2v) is 6.92. The van der Waals surface area contributed by atoms with Crippen LogP contribution >= 0.6 is 0 Å². The van der Waals surface area contributed by atoms with Gasteiger partial charge in [-0.3, -0.25) is 5.10 Å². The average molecular weight is 376 g/mol. The molecule has 8 nitrogen and oxygen atoms in total. The third-order valence-corrected chi connectivity index (χ3v) is 4.55. The van der Waals surface area contributed by atoms with Crippen molar-refractivity contribution in [2.75, 3.05) is 37.4 Å². The van der Waals surface area contributed by atoms with Crippen molar-refractivity contribution < 1.29 is 0 Å². The molecule has 0 saturated heterocycles. The first kappa shape index (κ1) is 18.0. The molecule has 144 valence electrons. The van der Waals surface area contributed by atoms with Gasteiger partial charge in [0, 0.05) is 49.0 Å². The molecule has 0 amide bonds. The van der Waals surface area contributed by atoms with Crippen LogP contribution in [0.2, 0.25) is 0 Å². The summed E-state index contributed by atoms with van der Waals surface area (Å²) in [6.45, 7) is 2.46. The lowest BCUT2D eigenvalue weighted by Crippen LogP contribution is -2.32. The van der Waals surface area contributed by atoms with E-state index in [1.807, 2.05) is 18.3 Å². The third-order valence-electron chi connectivity index (χ3n) is 4.55. The Hall–Kier alpha value is -3.39. The highest BCUT2D eigenvalue weighted by molar-refractivity contribution is 5.83. The van der Waals surface area contributed by atoms with Gasteiger partial charge in [0.2, 0.25) is 5.95 Å². The highest BCUT2D eigenvalue weighted by atomic mass is 15.3. The Labute approximate surface area is 163 Å². The Morgan fingerprint density at radius 1 is 1.04 bits per heavy atom. The van der Waals surface area contributed by atoms with Gasteiger partial charge in [0.05, 0.1) is 6.20 Å². The van der Waals surface area contributed by atoms with E-state index in [1.54, 1.807) is 12.4 Å². The summed E-state index contributed by atoms with van der Waals surface area (Å²) >= 11 is 0. The number of likely N-dealkylation sites (N-methyl/N-ethyl adjacent to an activating group) is 1. The summed E-state index contributed by atoms with van der Waals surface area (Å²) in [5.41, 5.74) is 2.38. The van der Waals surface area contributed by atoms with E-state index in [-0.39, 0.29) is 0 Å². The van der Waals surface area contributed by atoms with Crippen LogP contribution in [0.15, 0.2) is 55.0 Å². The monoisotopic (exact) mass is 376 g/mol. The minimum atomic E-state index is 0.693. The molecule has 0 unspecified atom stereocenters. The number of H-pyrrole nitrogens is 2. The molecule has 28 heavy (non-hydrogen) atoms. The van der Waals surface area contributed by atoms with E-state index in [0.717, 1.165) is 36.8 Å². The Kier molecular flexibility index (Phi) is 5.20. The van der Waals surface area contributed by atoms with Crippen LogP contribution in [-0.2, 0) is 6.54 Å². The lowest BCUT2D eigenvalue weighted by Gasteiger charge is -2.25. The number of nitrogens with one attached hydrogen (secondary N) is 3. The third kappa shape index (κ3) is 4.12. The van der Waals surface area contributed by atoms with Crippen molar-refractivity contribution >= 4 is 28.5 Å². The predicted octanol–water partition coefficient (Wildman–Crippen LogP) is 2.99. The number of hydrogen-bond donors (Lipinski definition) is 3. The molecular formula is C20H24N8. The maximum atomic E-state index is 4.72. The number of rotatable bonds is 8. The first-order chi connectivity index (χ1) is 13.7. The van der Waals surface area contributed by atoms with E-state index in [4.69, 9.17) is 4.98 Å². The fraction of sp³-hybridized carbons (Fsp3) is 0.250. The van der Waals surface area contributed by atoms with Gasteiger partial charge in [-0.2, -0.15) is 10.1 Å². The van der Waals surface area contributed by atoms with Gasteiger partial charge in [-0.15, -0.1) is 0 Å². The molecule has 4 aromatic rings. The van der Waals surface area contributed by atoms with Gasteiger partial charge in [0.25, 0.3) is 0 Å². The number of nitrogens with zero attached hydrogens (tertiary/aromatic N) is 5. The van der Waals surface area contributed by atoms with E-state index in [2.05, 4.69) is 73.6 Å². The quantitative estimate of drug-likeness (QED) is 0.438. The van der Waals surface area contributed by atoms with Crippen molar-refractivity contribution in [3.8, 4) is 0 Å². The lowest BCUT2D eigenvalue weighted by atomic mass is 10.1. The number of benzene rings is 1. The molecule has 0 aliphatic rings. The topological polar surface area (TPSA) is 88.8 Å². The maximum Gasteiger partial charge on any atom is 0.227 e. The summed E-state index contributed by atoms with van der Waals surface area (Å²) in [6.07, 6.45) is 5.45. The number of anilines is 3. The van der Waals surface area contributed by atoms with Crippen molar-refractivity contribution in [1.82, 2.24) is 30.0 Å². The highest BCUT2D eigenvalue weighted by Gasteiger charge is 2.14. The summed E-state index contributed by atoms with van der Waals surface area (Å²) in [5.74, 6) is 2.21. The van der Waals surface area contributed by atoms with Crippen LogP contribution in [-0.4, -0.2) is 57.2 Å². The van der Waals surface area contributed by atoms with Gasteiger partial charge in [0.1, 0.15) is 11.6 Å². The van der Waals surface area contributed by atoms with Crippen LogP contribution in [0.3, 0.4) is 0 Å². The predicted molar refractivity (Wildman–Crippen MR) is 112 cm³/mol. The van der Waals surface area contributed by atoms with Gasteiger partial charge in [-0.25, -0.2) is 4.98 Å². The van der Waals surface area contributed by atoms with Crippen LogP contribution in [0.25, 0.3) is 10.9 Å². The molecule has 0 fully saturated rings. The van der Waals surface area contributed by atoms with Crippen LogP contribution in [0.1, 0.15) is 5.56 Å². The molecule has 0 aliphatic carbocycles. The number of fused-ring (bicyclic) bond motifs is 1. The van der Waals surface area contributed by atoms with Crippen molar-refractivity contribution in [2.45, 2.75) is 6.54 Å². The summed E-state index contributed by atoms with van der Waals surface area (Å²) in [7, 11) is 4.14. The second-order valence-electron chi connectivity index (χ2n) is 6.92. The zero-order valence-corrected chi connectivity index (χ0v) is 16.1. The fourth-order valence-corrected chi connectivity index (χ4v) is 3.10. The Bertz CT molecular complexity index is 1020. The first-order valence-electron chi connectivity index (χ1n) is 9.23. The molecule has 0 spiro atoms. The normalized spacial score (nSPS) is 11.2. The lowest BCUT2D eigenvalue weighted by molar-refractivity contribution is 0.411. The fourth-order valence-electron chi connectivity index (χ4n) is 3.10. The van der Waals surface area contributed by atoms with Crippen LogP contribution < -0.4 is 10.2 Å². The Morgan fingerprint density at radius 3 is 2.79 bits per heavy atom. The van der Waals surface area contributed by atoms with Gasteiger partial charge >= 0.3 is 0 Å². The van der Waals surface area contributed by atoms with Gasteiger partial charge in [-0.05, 0) is 37.9 Å². The molecular weight excluding hydrogens is 352 g/mol. The minimum Gasteiger partial charge on any atom is -0.361 e. The zero-order valence-electron chi connectivity index (χ0n) is 16.1. The molecule has 0 bridgehead atoms. The van der Waals surface area contributed by atoms with E-state index in [1.165, 1.54) is 10.9 Å². The Balaban J connectivity index is 1.61. The van der Waals surface area contributed by atoms with Crippen molar-refractivity contribution in [3.05, 3.63) is 60.6 Å². The second kappa shape index (κ2) is 8.10. The average Bonchev–Trinajstić information content (AvgIpc) is 3.37. The molecule has 0 saturated carbocycles. The molecule has 0 aliphatic heterocycles. The molecule has 3 aromatic heterocycles. The van der Waals surface area contributed by atoms with Crippen molar-refractivity contribution in [2.24, 2.45) is 0 Å². The summed E-state index contributed by atoms with van der Waals surface area (Å²) < 4.78 is 0. The van der Waals surface area contributed by atoms with Crippen molar-refractivity contribution in [3.63, 3.8) is 0 Å². The summed E-state index contributed by atoms with van der Waals surface area (Å²) in [6, 6.07) is 12.2. The van der Waals surface area contributed by atoms with Gasteiger partial charge < -0.3 is 20.1 Å². The Morgan fingerprint density at radius 2 is 1.96 bits per heavy atom. The minimum absolute atomic E-state index is 0.693. The molecule has 1 aromatic carbocycles. The van der Waals surface area contributed by atoms with Crippen LogP contribution in [0.5, 0.6) is 0 Å². The zero-order chi connectivity index (χ0) is 19.3. The smallest absolute Gasteiger partial charge is 0.227 e. The standard InChI is InChI=1S/C20H24N8/c1-27(2)12-13-28(14-15-4-3-5-17-16(15)6-9-21-17)20-22-10-7-18(25-20)24-19-8-11-23-26-19/h3-11,21H,12-14H2,1-2H3,(H2,22,23,24,25,26). The number of aromatic amines is 2. The maximum absolute atomic E-state index is 4.72. The first-order valence-corrected chi connectivity index (χ1v) is 9.23. The van der Waals surface area contributed by atoms with E-state index in [9.17, 15) is 0 Å². The molecule has 3 N–H and O–H groups in total. The van der Waals surface area contributed by atoms with E-state index >= 15 is 0 Å². The molecule has 0 radical (unpaired) electrons. The molecule has 3 heterocycles. The SMILES string of the molecule is CN(C)CCN(Cc1cccc2[nH]ccc12)c1nccc(Nc2ccn[nH]2)n1. The van der Waals surface area contributed by atoms with E-state index in [0.29, 0.717) is 5.95 Å². The molecule has 4 rings (SSSR count). The summed E-state index contributed by atoms with van der Waals surface area (Å²) in [4.78, 5) is 16.9. The van der Waals surface area contributed by atoms with Crippen LogP contribution in [0, 0.1) is 0 Å². The van der Waals surface area contributed by atoms with Crippen molar-refractivity contribution in [1.29, 1.82) is 0 Å². The van der Waals surface area contributed by atoms with Gasteiger partial charge in [0.15, 0.2) is 0 Å². The molecule has 8 heteroatoms. The van der Waals surface area contributed by atoms with E-state index < -0.39 is 0 Å². The molecule has 0 atom stereocenters.